The molecule has 2 aromatic heterocycles. The molecule has 15 heteroatoms. The molecule has 3 aromatic rings. The lowest BCUT2D eigenvalue weighted by Crippen LogP contribution is -2.57. The summed E-state index contributed by atoms with van der Waals surface area (Å²) in [5, 5.41) is 6.99. The van der Waals surface area contributed by atoms with Crippen LogP contribution in [-0.2, 0) is 18.0 Å². The van der Waals surface area contributed by atoms with Crippen molar-refractivity contribution in [3.63, 3.8) is 0 Å². The minimum absolute atomic E-state index is 0.0193. The highest BCUT2D eigenvalue weighted by Gasteiger charge is 2.61. The number of amides is 1. The number of aromatic nitrogens is 3. The molecule has 1 aliphatic heterocycles. The van der Waals surface area contributed by atoms with Crippen molar-refractivity contribution >= 4 is 42.5 Å². The molecule has 1 aromatic carbocycles. The number of carbonyl (C=O) groups excluding carboxylic acids is 1. The molecule has 262 valence electrons. The highest BCUT2D eigenvalue weighted by molar-refractivity contribution is 6.74. The van der Waals surface area contributed by atoms with E-state index in [0.717, 1.165) is 5.56 Å². The Balaban J connectivity index is 1.90. The summed E-state index contributed by atoms with van der Waals surface area (Å²) in [4.78, 5) is 25.3. The summed E-state index contributed by atoms with van der Waals surface area (Å²) in [5.74, 6) is 0.00761. The van der Waals surface area contributed by atoms with E-state index in [1.807, 2.05) is 30.5 Å². The fourth-order valence-corrected chi connectivity index (χ4v) is 8.13. The van der Waals surface area contributed by atoms with Crippen LogP contribution in [0.3, 0.4) is 0 Å². The fraction of sp³-hybridized carbons (Fsp3) is 0.606. The first-order valence-electron chi connectivity index (χ1n) is 16.4. The van der Waals surface area contributed by atoms with Crippen LogP contribution in [0, 0.1) is 0 Å². The number of azide groups is 1. The first kappa shape index (κ1) is 37.9. The van der Waals surface area contributed by atoms with Gasteiger partial charge in [0.25, 0.3) is 5.91 Å². The Hall–Kier alpha value is -2.89. The van der Waals surface area contributed by atoms with Gasteiger partial charge in [-0.2, -0.15) is 0 Å². The molecule has 3 heterocycles. The van der Waals surface area contributed by atoms with Crippen molar-refractivity contribution in [1.82, 2.24) is 14.4 Å². The summed E-state index contributed by atoms with van der Waals surface area (Å²) in [7, 11) is -7.07. The molecule has 1 aliphatic rings. The number of nitrogens with one attached hydrogen (secondary N) is 1. The molecule has 0 aliphatic carbocycles. The molecule has 0 saturated carbocycles. The van der Waals surface area contributed by atoms with E-state index >= 15 is 0 Å². The number of benzene rings is 1. The van der Waals surface area contributed by atoms with Crippen LogP contribution < -0.4 is 5.32 Å². The van der Waals surface area contributed by atoms with Gasteiger partial charge in [-0.05, 0) is 79.6 Å². The van der Waals surface area contributed by atoms with E-state index in [4.69, 9.17) is 18.0 Å². The van der Waals surface area contributed by atoms with Gasteiger partial charge in [0.05, 0.1) is 6.61 Å². The zero-order chi connectivity index (χ0) is 35.9. The Morgan fingerprint density at radius 2 is 1.60 bits per heavy atom. The molecular weight excluding hydrogens is 659 g/mol. The van der Waals surface area contributed by atoms with Crippen LogP contribution in [-0.4, -0.2) is 69.8 Å². The second-order valence-electron chi connectivity index (χ2n) is 16.6. The number of nitrogens with zero attached hydrogens (tertiary/aromatic N) is 6. The molecule has 4 atom stereocenters. The molecule has 0 radical (unpaired) electrons. The Labute approximate surface area is 288 Å². The largest absolute Gasteiger partial charge is 0.414 e. The molecule has 12 nitrogen and oxygen atoms in total. The highest BCUT2D eigenvalue weighted by atomic mass is 28.4. The van der Waals surface area contributed by atoms with Crippen molar-refractivity contribution in [2.75, 3.05) is 11.9 Å². The Morgan fingerprint density at radius 1 is 1.00 bits per heavy atom. The third-order valence-corrected chi connectivity index (χ3v) is 19.7. The average molecular weight is 712 g/mol. The zero-order valence-electron chi connectivity index (χ0n) is 30.8. The number of rotatable bonds is 11. The van der Waals surface area contributed by atoms with Gasteiger partial charge in [-0.3, -0.25) is 14.5 Å². The van der Waals surface area contributed by atoms with Crippen LogP contribution in [0.5, 0.6) is 0 Å². The van der Waals surface area contributed by atoms with Gasteiger partial charge in [0.15, 0.2) is 30.7 Å². The van der Waals surface area contributed by atoms with E-state index in [9.17, 15) is 10.3 Å². The molecule has 1 fully saturated rings. The lowest BCUT2D eigenvalue weighted by Gasteiger charge is -2.45. The average Bonchev–Trinajstić information content (AvgIpc) is 3.51. The topological polar surface area (TPSA) is 145 Å². The van der Waals surface area contributed by atoms with Gasteiger partial charge in [-0.25, -0.2) is 9.97 Å². The molecule has 1 N–H and O–H groups in total. The predicted octanol–water partition coefficient (Wildman–Crippen LogP) is 8.69. The number of fused-ring (bicyclic) bond motifs is 1. The Kier molecular flexibility index (Phi) is 10.6. The molecule has 1 saturated heterocycles. The highest BCUT2D eigenvalue weighted by Crippen LogP contribution is 2.51. The van der Waals surface area contributed by atoms with Gasteiger partial charge in [0.1, 0.15) is 30.3 Å². The maximum Gasteiger partial charge on any atom is 0.257 e. The van der Waals surface area contributed by atoms with E-state index in [2.05, 4.69) is 113 Å². The maximum absolute atomic E-state index is 13.1. The van der Waals surface area contributed by atoms with E-state index in [0.29, 0.717) is 17.2 Å². The van der Waals surface area contributed by atoms with Gasteiger partial charge in [-0.15, -0.1) is 0 Å². The first-order chi connectivity index (χ1) is 22.0. The lowest BCUT2D eigenvalue weighted by atomic mass is 10.0. The zero-order valence-corrected chi connectivity index (χ0v) is 33.8. The van der Waals surface area contributed by atoms with E-state index in [-0.39, 0.29) is 22.6 Å². The van der Waals surface area contributed by atoms with E-state index in [1.54, 1.807) is 16.5 Å². The third-order valence-electron chi connectivity index (χ3n) is 9.77. The van der Waals surface area contributed by atoms with Crippen molar-refractivity contribution in [3.05, 3.63) is 70.5 Å². The minimum Gasteiger partial charge on any atom is -0.414 e. The van der Waals surface area contributed by atoms with E-state index < -0.39 is 49.0 Å². The summed E-state index contributed by atoms with van der Waals surface area (Å²) < 4.78 is 29.6. The van der Waals surface area contributed by atoms with Gasteiger partial charge < -0.3 is 18.0 Å². The van der Waals surface area contributed by atoms with Gasteiger partial charge in [0.2, 0.25) is 5.95 Å². The molecular formula is C33H53N7O5Si3. The number of hydrogen-bond acceptors (Lipinski definition) is 8. The van der Waals surface area contributed by atoms with Crippen LogP contribution in [0.1, 0.15) is 63.6 Å². The summed E-state index contributed by atoms with van der Waals surface area (Å²) in [6.45, 7) is 28.1. The number of anilines is 1. The Morgan fingerprint density at radius 3 is 2.17 bits per heavy atom. The fourth-order valence-electron chi connectivity index (χ4n) is 4.90. The van der Waals surface area contributed by atoms with Crippen molar-refractivity contribution in [2.45, 2.75) is 121 Å². The van der Waals surface area contributed by atoms with Gasteiger partial charge in [0, 0.05) is 22.2 Å². The predicted molar refractivity (Wildman–Crippen MR) is 197 cm³/mol. The monoisotopic (exact) mass is 711 g/mol. The second-order valence-corrected chi connectivity index (χ2v) is 30.7. The molecule has 4 rings (SSSR count). The number of hydrogen-bond donors (Lipinski definition) is 1. The Bertz CT molecular complexity index is 1660. The SMILES string of the molecule is CC(C)(C)[Si](C)(C)O[C@H]1[C@H](c2cc3ncnc(NC(=O)c4ccccc4)n3c2)O[C@@](CO[Si](C)(C)C)(N=[N+]=[N-])[C@H]1O[Si](C)(C)C(C)(C)C. The van der Waals surface area contributed by atoms with Gasteiger partial charge in [-0.1, -0.05) is 64.9 Å². The normalized spacial score (nSPS) is 22.5. The molecule has 48 heavy (non-hydrogen) atoms. The second kappa shape index (κ2) is 13.4. The van der Waals surface area contributed by atoms with Gasteiger partial charge >= 0.3 is 0 Å². The maximum atomic E-state index is 13.1. The third kappa shape index (κ3) is 8.11. The smallest absolute Gasteiger partial charge is 0.257 e. The summed E-state index contributed by atoms with van der Waals surface area (Å²) >= 11 is 0. The number of ether oxygens (including phenoxy) is 1. The first-order valence-corrected chi connectivity index (χ1v) is 25.7. The van der Waals surface area contributed by atoms with Crippen LogP contribution in [0.15, 0.2) is 54.0 Å². The van der Waals surface area contributed by atoms with Crippen molar-refractivity contribution < 1.29 is 22.8 Å². The minimum atomic E-state index is -2.49. The lowest BCUT2D eigenvalue weighted by molar-refractivity contribution is -0.100. The molecule has 1 amide bonds. The van der Waals surface area contributed by atoms with E-state index in [1.165, 1.54) is 6.33 Å². The summed E-state index contributed by atoms with van der Waals surface area (Å²) in [6, 6.07) is 10.8. The summed E-state index contributed by atoms with van der Waals surface area (Å²) in [6.07, 6.45) is 1.12. The number of carbonyl (C=O) groups is 1. The molecule has 0 unspecified atom stereocenters. The quantitative estimate of drug-likeness (QED) is 0.0906. The summed E-state index contributed by atoms with van der Waals surface area (Å²) in [5.41, 5.74) is 10.3. The van der Waals surface area contributed by atoms with Crippen LogP contribution in [0.25, 0.3) is 16.1 Å². The van der Waals surface area contributed by atoms with Crippen molar-refractivity contribution in [3.8, 4) is 0 Å². The van der Waals surface area contributed by atoms with Crippen LogP contribution >= 0.6 is 0 Å². The van der Waals surface area contributed by atoms with Crippen molar-refractivity contribution in [2.24, 2.45) is 5.11 Å². The molecule has 0 spiro atoms. The standard InChI is InChI=1S/C33H53N7O5Si3/c1-31(2,3)47(10,11)44-27-26(24-19-25-35-22-36-30(40(25)20-24)37-29(41)23-17-15-14-16-18-23)43-33(38-39-34,21-42-46(7,8)9)28(27)45-48(12,13)32(4,5)6/h14-20,22,26-28H,21H2,1-13H3,(H,35,36,37,41)/t26-,27-,28-,33+/m0/s1. The van der Waals surface area contributed by atoms with Crippen LogP contribution in [0.2, 0.25) is 55.9 Å². The molecule has 0 bridgehead atoms. The van der Waals surface area contributed by atoms with Crippen LogP contribution in [0.4, 0.5) is 5.95 Å². The van der Waals surface area contributed by atoms with Crippen molar-refractivity contribution in [1.29, 1.82) is 0 Å².